The van der Waals surface area contributed by atoms with Crippen LogP contribution in [0.4, 0.5) is 11.5 Å². The maximum Gasteiger partial charge on any atom is 0.267 e. The largest absolute Gasteiger partial charge is 0.497 e. The molecule has 1 aromatic carbocycles. The molecule has 9 nitrogen and oxygen atoms in total. The number of aromatic nitrogens is 2. The summed E-state index contributed by atoms with van der Waals surface area (Å²) in [6.07, 6.45) is 0. The Morgan fingerprint density at radius 3 is 2.33 bits per heavy atom. The number of nitrogens with zero attached hydrogens (tertiary/aromatic N) is 5. The molecular weight excluding hydrogens is 386 g/mol. The third-order valence-electron chi connectivity index (χ3n) is 5.54. The van der Waals surface area contributed by atoms with Crippen LogP contribution in [0.25, 0.3) is 0 Å². The van der Waals surface area contributed by atoms with E-state index in [1.807, 2.05) is 24.3 Å². The summed E-state index contributed by atoms with van der Waals surface area (Å²) in [6.45, 7) is 5.41. The molecule has 0 aliphatic carbocycles. The summed E-state index contributed by atoms with van der Waals surface area (Å²) in [4.78, 5) is 31.1. The van der Waals surface area contributed by atoms with E-state index in [1.165, 1.54) is 10.7 Å². The van der Waals surface area contributed by atoms with Crippen LogP contribution >= 0.6 is 0 Å². The van der Waals surface area contributed by atoms with Crippen LogP contribution < -0.4 is 20.1 Å². The van der Waals surface area contributed by atoms with E-state index in [0.717, 1.165) is 37.6 Å². The van der Waals surface area contributed by atoms with Gasteiger partial charge in [0.25, 0.3) is 5.56 Å². The third kappa shape index (κ3) is 4.56. The number of benzene rings is 1. The van der Waals surface area contributed by atoms with Gasteiger partial charge in [0.15, 0.2) is 0 Å². The highest BCUT2D eigenvalue weighted by molar-refractivity contribution is 5.76. The second-order valence-corrected chi connectivity index (χ2v) is 7.35. The normalized spacial score (nSPS) is 17.2. The number of ether oxygens (including phenoxy) is 2. The van der Waals surface area contributed by atoms with Crippen LogP contribution in [0.15, 0.2) is 41.2 Å². The average molecular weight is 413 g/mol. The molecule has 4 rings (SSSR count). The molecule has 1 aromatic heterocycles. The van der Waals surface area contributed by atoms with Gasteiger partial charge >= 0.3 is 0 Å². The quantitative estimate of drug-likeness (QED) is 0.704. The van der Waals surface area contributed by atoms with Gasteiger partial charge in [-0.05, 0) is 30.3 Å². The maximum absolute atomic E-state index is 12.8. The van der Waals surface area contributed by atoms with Crippen LogP contribution in [-0.4, -0.2) is 80.2 Å². The Labute approximate surface area is 175 Å². The highest BCUT2D eigenvalue weighted by atomic mass is 16.5. The van der Waals surface area contributed by atoms with Crippen molar-refractivity contribution in [1.82, 2.24) is 14.7 Å². The van der Waals surface area contributed by atoms with Gasteiger partial charge in [-0.2, -0.15) is 5.10 Å². The number of amides is 1. The van der Waals surface area contributed by atoms with Crippen LogP contribution in [0.3, 0.4) is 0 Å². The van der Waals surface area contributed by atoms with Gasteiger partial charge in [0.05, 0.1) is 20.3 Å². The van der Waals surface area contributed by atoms with E-state index in [1.54, 1.807) is 18.1 Å². The number of anilines is 2. The molecule has 30 heavy (non-hydrogen) atoms. The molecule has 0 saturated carbocycles. The molecule has 2 aliphatic rings. The first-order valence-corrected chi connectivity index (χ1v) is 10.2. The minimum Gasteiger partial charge on any atom is -0.497 e. The van der Waals surface area contributed by atoms with Crippen molar-refractivity contribution in [3.8, 4) is 5.75 Å². The number of morpholine rings is 1. The first-order valence-electron chi connectivity index (χ1n) is 10.2. The van der Waals surface area contributed by atoms with E-state index in [4.69, 9.17) is 9.47 Å². The van der Waals surface area contributed by atoms with Gasteiger partial charge in [-0.15, -0.1) is 0 Å². The zero-order valence-corrected chi connectivity index (χ0v) is 17.2. The summed E-state index contributed by atoms with van der Waals surface area (Å²) in [5, 5.41) is 4.41. The third-order valence-corrected chi connectivity index (χ3v) is 5.54. The van der Waals surface area contributed by atoms with E-state index in [2.05, 4.69) is 14.9 Å². The lowest BCUT2D eigenvalue weighted by atomic mass is 10.2. The summed E-state index contributed by atoms with van der Waals surface area (Å²) in [5.74, 6) is 1.44. The fourth-order valence-corrected chi connectivity index (χ4v) is 3.75. The van der Waals surface area contributed by atoms with E-state index >= 15 is 0 Å². The summed E-state index contributed by atoms with van der Waals surface area (Å²) >= 11 is 0. The monoisotopic (exact) mass is 413 g/mol. The minimum atomic E-state index is -0.266. The summed E-state index contributed by atoms with van der Waals surface area (Å²) in [6, 6.07) is 11.1. The molecule has 0 unspecified atom stereocenters. The lowest BCUT2D eigenvalue weighted by Crippen LogP contribution is -2.50. The van der Waals surface area contributed by atoms with Gasteiger partial charge < -0.3 is 24.2 Å². The van der Waals surface area contributed by atoms with Crippen molar-refractivity contribution >= 4 is 17.4 Å². The molecular formula is C21H27N5O4. The SMILES string of the molecule is COc1ccc(N2CCN(C(=O)Cn3nc(N4CCOCC4)ccc3=O)CC2)cc1. The molecule has 0 N–H and O–H groups in total. The van der Waals surface area contributed by atoms with Gasteiger partial charge in [-0.3, -0.25) is 9.59 Å². The van der Waals surface area contributed by atoms with Gasteiger partial charge in [-0.25, -0.2) is 4.68 Å². The molecule has 0 radical (unpaired) electrons. The van der Waals surface area contributed by atoms with Crippen molar-refractivity contribution in [1.29, 1.82) is 0 Å². The highest BCUT2D eigenvalue weighted by Crippen LogP contribution is 2.20. The number of hydrogen-bond acceptors (Lipinski definition) is 7. The van der Waals surface area contributed by atoms with Gasteiger partial charge in [-0.1, -0.05) is 0 Å². The predicted octanol–water partition coefficient (Wildman–Crippen LogP) is 0.437. The zero-order chi connectivity index (χ0) is 20.9. The van der Waals surface area contributed by atoms with Crippen LogP contribution in [0.1, 0.15) is 0 Å². The Balaban J connectivity index is 1.36. The van der Waals surface area contributed by atoms with E-state index in [9.17, 15) is 9.59 Å². The lowest BCUT2D eigenvalue weighted by Gasteiger charge is -2.36. The average Bonchev–Trinajstić information content (AvgIpc) is 2.81. The topological polar surface area (TPSA) is 80.1 Å². The lowest BCUT2D eigenvalue weighted by molar-refractivity contribution is -0.132. The molecule has 2 aliphatic heterocycles. The van der Waals surface area contributed by atoms with E-state index in [-0.39, 0.29) is 18.0 Å². The summed E-state index contributed by atoms with van der Waals surface area (Å²) < 4.78 is 11.8. The fraction of sp³-hybridized carbons (Fsp3) is 0.476. The van der Waals surface area contributed by atoms with E-state index < -0.39 is 0 Å². The molecule has 2 saturated heterocycles. The number of rotatable bonds is 5. The summed E-state index contributed by atoms with van der Waals surface area (Å²) in [7, 11) is 1.65. The Hall–Kier alpha value is -3.07. The van der Waals surface area contributed by atoms with Crippen LogP contribution in [0.2, 0.25) is 0 Å². The van der Waals surface area contributed by atoms with Crippen LogP contribution in [0.5, 0.6) is 5.75 Å². The predicted molar refractivity (Wildman–Crippen MR) is 113 cm³/mol. The number of hydrogen-bond donors (Lipinski definition) is 0. The Morgan fingerprint density at radius 2 is 1.67 bits per heavy atom. The molecule has 1 amide bonds. The van der Waals surface area contributed by atoms with Crippen LogP contribution in [0, 0.1) is 0 Å². The Bertz CT molecular complexity index is 916. The Morgan fingerprint density at radius 1 is 0.967 bits per heavy atom. The van der Waals surface area contributed by atoms with Crippen molar-refractivity contribution in [2.75, 3.05) is 69.4 Å². The molecule has 2 aromatic rings. The van der Waals surface area contributed by atoms with Crippen molar-refractivity contribution < 1.29 is 14.3 Å². The Kier molecular flexibility index (Phi) is 6.18. The highest BCUT2D eigenvalue weighted by Gasteiger charge is 2.22. The molecule has 0 atom stereocenters. The minimum absolute atomic E-state index is 0.0421. The van der Waals surface area contributed by atoms with Crippen molar-refractivity contribution in [3.05, 3.63) is 46.8 Å². The number of piperazine rings is 1. The number of methoxy groups -OCH3 is 1. The molecule has 2 fully saturated rings. The second kappa shape index (κ2) is 9.17. The first-order chi connectivity index (χ1) is 14.6. The molecule has 9 heteroatoms. The van der Waals surface area contributed by atoms with Crippen molar-refractivity contribution in [2.45, 2.75) is 6.54 Å². The molecule has 0 spiro atoms. The molecule has 3 heterocycles. The van der Waals surface area contributed by atoms with E-state index in [0.29, 0.717) is 32.1 Å². The molecule has 0 bridgehead atoms. The van der Waals surface area contributed by atoms with Gasteiger partial charge in [0.2, 0.25) is 5.91 Å². The summed E-state index contributed by atoms with van der Waals surface area (Å²) in [5.41, 5.74) is 0.844. The van der Waals surface area contributed by atoms with Gasteiger partial charge in [0.1, 0.15) is 18.1 Å². The number of carbonyl (C=O) groups is 1. The smallest absolute Gasteiger partial charge is 0.267 e. The second-order valence-electron chi connectivity index (χ2n) is 7.35. The van der Waals surface area contributed by atoms with Crippen molar-refractivity contribution in [2.24, 2.45) is 0 Å². The first kappa shape index (κ1) is 20.2. The molecule has 160 valence electrons. The number of carbonyl (C=O) groups excluding carboxylic acids is 1. The van der Waals surface area contributed by atoms with Crippen molar-refractivity contribution in [3.63, 3.8) is 0 Å². The van der Waals surface area contributed by atoms with Gasteiger partial charge in [0, 0.05) is 51.0 Å². The standard InChI is InChI=1S/C21H27N5O4/c1-29-18-4-2-17(3-5-18)23-8-10-25(11-9-23)21(28)16-26-20(27)7-6-19(22-26)24-12-14-30-15-13-24/h2-7H,8-16H2,1H3. The fourth-order valence-electron chi connectivity index (χ4n) is 3.75. The van der Waals surface area contributed by atoms with Crippen LogP contribution in [-0.2, 0) is 16.1 Å². The zero-order valence-electron chi connectivity index (χ0n) is 17.2. The maximum atomic E-state index is 12.8.